The Labute approximate surface area is 184 Å². The molecule has 1 heterocycles. The first-order valence-electron chi connectivity index (χ1n) is 9.65. The molecule has 4 N–H and O–H groups in total. The van der Waals surface area contributed by atoms with Gasteiger partial charge in [0.05, 0.1) is 12.3 Å². The van der Waals surface area contributed by atoms with Crippen LogP contribution in [0.3, 0.4) is 0 Å². The van der Waals surface area contributed by atoms with Crippen LogP contribution in [-0.2, 0) is 20.6 Å². The smallest absolute Gasteiger partial charge is 0.257 e. The van der Waals surface area contributed by atoms with Crippen LogP contribution in [-0.4, -0.2) is 38.3 Å². The number of amides is 2. The summed E-state index contributed by atoms with van der Waals surface area (Å²) >= 11 is 0. The molecule has 0 fully saturated rings. The zero-order valence-electron chi connectivity index (χ0n) is 17.1. The Kier molecular flexibility index (Phi) is 7.18. The lowest BCUT2D eigenvalue weighted by atomic mass is 10.1. The molecule has 2 amide bonds. The Morgan fingerprint density at radius 1 is 1.06 bits per heavy atom. The summed E-state index contributed by atoms with van der Waals surface area (Å²) in [5.41, 5.74) is 1.08. The molecule has 0 saturated heterocycles. The minimum atomic E-state index is -3.48. The Balaban J connectivity index is 1.56. The average Bonchev–Trinajstić information content (AvgIpc) is 2.78. The van der Waals surface area contributed by atoms with Gasteiger partial charge in [-0.1, -0.05) is 30.3 Å². The Hall–Kier alpha value is -3.76. The van der Waals surface area contributed by atoms with E-state index in [-0.39, 0.29) is 24.4 Å². The second kappa shape index (κ2) is 10.0. The SMILES string of the molecule is C=CCNS(=O)(=O)Cc1ccc(NC(=O)CNC(=O)c2c[nH]c3ccccc3c2=O)cc1. The predicted octanol–water partition coefficient (Wildman–Crippen LogP) is 1.50. The number of benzene rings is 2. The number of carbonyl (C=O) groups is 2. The summed E-state index contributed by atoms with van der Waals surface area (Å²) in [4.78, 5) is 39.8. The van der Waals surface area contributed by atoms with E-state index in [0.717, 1.165) is 0 Å². The summed E-state index contributed by atoms with van der Waals surface area (Å²) in [6, 6.07) is 13.1. The van der Waals surface area contributed by atoms with Crippen molar-refractivity contribution in [3.05, 3.63) is 88.7 Å². The van der Waals surface area contributed by atoms with Gasteiger partial charge in [-0.25, -0.2) is 13.1 Å². The van der Waals surface area contributed by atoms with E-state index in [0.29, 0.717) is 22.2 Å². The molecule has 0 aliphatic rings. The summed E-state index contributed by atoms with van der Waals surface area (Å²) in [6.07, 6.45) is 2.76. The summed E-state index contributed by atoms with van der Waals surface area (Å²) < 4.78 is 26.2. The maximum Gasteiger partial charge on any atom is 0.257 e. The number of H-pyrrole nitrogens is 1. The molecular formula is C22H22N4O5S. The van der Waals surface area contributed by atoms with E-state index in [1.54, 1.807) is 48.5 Å². The van der Waals surface area contributed by atoms with Gasteiger partial charge in [0.2, 0.25) is 21.4 Å². The highest BCUT2D eigenvalue weighted by atomic mass is 32.2. The highest BCUT2D eigenvalue weighted by molar-refractivity contribution is 7.88. The van der Waals surface area contributed by atoms with E-state index in [2.05, 4.69) is 26.9 Å². The molecule has 3 aromatic rings. The molecule has 0 saturated carbocycles. The maximum absolute atomic E-state index is 12.5. The van der Waals surface area contributed by atoms with Crippen molar-refractivity contribution in [3.8, 4) is 0 Å². The van der Waals surface area contributed by atoms with Crippen LogP contribution in [0.2, 0.25) is 0 Å². The molecule has 0 spiro atoms. The number of aromatic amines is 1. The van der Waals surface area contributed by atoms with E-state index >= 15 is 0 Å². The van der Waals surface area contributed by atoms with Crippen LogP contribution in [0.15, 0.2) is 72.2 Å². The van der Waals surface area contributed by atoms with Gasteiger partial charge in [-0.15, -0.1) is 6.58 Å². The van der Waals surface area contributed by atoms with Crippen molar-refractivity contribution in [1.29, 1.82) is 0 Å². The number of pyridine rings is 1. The maximum atomic E-state index is 12.5. The molecule has 1 aromatic heterocycles. The van der Waals surface area contributed by atoms with Crippen LogP contribution in [0.1, 0.15) is 15.9 Å². The second-order valence-electron chi connectivity index (χ2n) is 6.90. The van der Waals surface area contributed by atoms with Gasteiger partial charge in [0.25, 0.3) is 5.91 Å². The van der Waals surface area contributed by atoms with E-state index in [4.69, 9.17) is 0 Å². The highest BCUT2D eigenvalue weighted by Crippen LogP contribution is 2.12. The number of aromatic nitrogens is 1. The Morgan fingerprint density at radius 2 is 1.78 bits per heavy atom. The van der Waals surface area contributed by atoms with E-state index in [1.807, 2.05) is 0 Å². The van der Waals surface area contributed by atoms with Crippen LogP contribution >= 0.6 is 0 Å². The van der Waals surface area contributed by atoms with Gasteiger partial charge in [-0.3, -0.25) is 14.4 Å². The fourth-order valence-corrected chi connectivity index (χ4v) is 4.04. The van der Waals surface area contributed by atoms with Gasteiger partial charge in [0.15, 0.2) is 0 Å². The van der Waals surface area contributed by atoms with Gasteiger partial charge >= 0.3 is 0 Å². The first kappa shape index (κ1) is 22.9. The molecule has 0 radical (unpaired) electrons. The molecule has 3 rings (SSSR count). The molecule has 0 bridgehead atoms. The highest BCUT2D eigenvalue weighted by Gasteiger charge is 2.14. The van der Waals surface area contributed by atoms with E-state index < -0.39 is 27.3 Å². The third kappa shape index (κ3) is 5.90. The first-order valence-corrected chi connectivity index (χ1v) is 11.3. The number of para-hydroxylation sites is 1. The van der Waals surface area contributed by atoms with Crippen LogP contribution in [0.5, 0.6) is 0 Å². The number of hydrogen-bond acceptors (Lipinski definition) is 5. The van der Waals surface area contributed by atoms with Crippen molar-refractivity contribution in [2.75, 3.05) is 18.4 Å². The number of hydrogen-bond donors (Lipinski definition) is 4. The van der Waals surface area contributed by atoms with Crippen LogP contribution in [0.25, 0.3) is 10.9 Å². The Morgan fingerprint density at radius 3 is 2.50 bits per heavy atom. The second-order valence-corrected chi connectivity index (χ2v) is 8.71. The molecule has 0 unspecified atom stereocenters. The van der Waals surface area contributed by atoms with Crippen LogP contribution < -0.4 is 20.8 Å². The summed E-state index contributed by atoms with van der Waals surface area (Å²) in [5.74, 6) is -1.37. The first-order chi connectivity index (χ1) is 15.3. The van der Waals surface area contributed by atoms with Crippen molar-refractivity contribution in [1.82, 2.24) is 15.0 Å². The molecule has 32 heavy (non-hydrogen) atoms. The van der Waals surface area contributed by atoms with Gasteiger partial charge in [-0.05, 0) is 29.8 Å². The molecule has 2 aromatic carbocycles. The van der Waals surface area contributed by atoms with Crippen LogP contribution in [0, 0.1) is 0 Å². The molecule has 0 atom stereocenters. The Bertz CT molecular complexity index is 1310. The van der Waals surface area contributed by atoms with E-state index in [1.165, 1.54) is 12.3 Å². The minimum Gasteiger partial charge on any atom is -0.360 e. The topological polar surface area (TPSA) is 137 Å². The number of rotatable bonds is 9. The fraction of sp³-hybridized carbons (Fsp3) is 0.136. The zero-order valence-corrected chi connectivity index (χ0v) is 17.9. The number of anilines is 1. The van der Waals surface area contributed by atoms with Crippen molar-refractivity contribution < 1.29 is 18.0 Å². The third-order valence-corrected chi connectivity index (χ3v) is 5.80. The van der Waals surface area contributed by atoms with Gasteiger partial charge < -0.3 is 15.6 Å². The van der Waals surface area contributed by atoms with Gasteiger partial charge in [0.1, 0.15) is 5.56 Å². The van der Waals surface area contributed by atoms with Crippen molar-refractivity contribution >= 4 is 38.4 Å². The van der Waals surface area contributed by atoms with Gasteiger partial charge in [0, 0.05) is 29.3 Å². The van der Waals surface area contributed by atoms with Crippen molar-refractivity contribution in [2.24, 2.45) is 0 Å². The van der Waals surface area contributed by atoms with Crippen LogP contribution in [0.4, 0.5) is 5.69 Å². The standard InChI is InChI=1S/C22H22N4O5S/c1-2-11-25-32(30,31)14-15-7-9-16(10-8-15)26-20(27)13-24-22(29)18-12-23-19-6-4-3-5-17(19)21(18)28/h2-10,12,25H,1,11,13-14H2,(H,23,28)(H,24,29)(H,26,27). The average molecular weight is 455 g/mol. The zero-order chi connectivity index (χ0) is 23.1. The lowest BCUT2D eigenvalue weighted by Gasteiger charge is -2.09. The fourth-order valence-electron chi connectivity index (χ4n) is 2.94. The third-order valence-electron chi connectivity index (χ3n) is 4.48. The predicted molar refractivity (Wildman–Crippen MR) is 123 cm³/mol. The van der Waals surface area contributed by atoms with Gasteiger partial charge in [-0.2, -0.15) is 0 Å². The monoisotopic (exact) mass is 454 g/mol. The minimum absolute atomic E-state index is 0.0906. The summed E-state index contributed by atoms with van der Waals surface area (Å²) in [5, 5.41) is 5.40. The normalized spacial score (nSPS) is 11.1. The lowest BCUT2D eigenvalue weighted by molar-refractivity contribution is -0.115. The lowest BCUT2D eigenvalue weighted by Crippen LogP contribution is -2.35. The largest absolute Gasteiger partial charge is 0.360 e. The molecule has 9 nitrogen and oxygen atoms in total. The summed E-state index contributed by atoms with van der Waals surface area (Å²) in [7, 11) is -3.48. The quantitative estimate of drug-likeness (QED) is 0.363. The molecular weight excluding hydrogens is 432 g/mol. The summed E-state index contributed by atoms with van der Waals surface area (Å²) in [6.45, 7) is 3.26. The number of carbonyl (C=O) groups excluding carboxylic acids is 2. The van der Waals surface area contributed by atoms with Crippen molar-refractivity contribution in [3.63, 3.8) is 0 Å². The molecule has 0 aliphatic heterocycles. The molecule has 166 valence electrons. The molecule has 10 heteroatoms. The molecule has 0 aliphatic carbocycles. The van der Waals surface area contributed by atoms with E-state index in [9.17, 15) is 22.8 Å². The number of nitrogens with one attached hydrogen (secondary N) is 4. The number of sulfonamides is 1. The number of fused-ring (bicyclic) bond motifs is 1. The van der Waals surface area contributed by atoms with Crippen molar-refractivity contribution in [2.45, 2.75) is 5.75 Å².